The smallest absolute Gasteiger partial charge is 0.404 e. The number of nitrogens with one attached hydrogen (secondary N) is 1. The van der Waals surface area contributed by atoms with Crippen LogP contribution in [0.4, 0.5) is 10.5 Å². The van der Waals surface area contributed by atoms with E-state index in [2.05, 4.69) is 10.1 Å². The van der Waals surface area contributed by atoms with Crippen molar-refractivity contribution >= 4 is 17.7 Å². The van der Waals surface area contributed by atoms with Crippen molar-refractivity contribution in [2.45, 2.75) is 6.92 Å². The van der Waals surface area contributed by atoms with E-state index in [0.717, 1.165) is 5.56 Å². The van der Waals surface area contributed by atoms with Crippen LogP contribution in [0.2, 0.25) is 0 Å². The van der Waals surface area contributed by atoms with Crippen LogP contribution in [0, 0.1) is 6.92 Å². The zero-order valence-electron chi connectivity index (χ0n) is 9.53. The Morgan fingerprint density at radius 1 is 1.41 bits per heavy atom. The molecule has 1 aromatic rings. The van der Waals surface area contributed by atoms with Crippen molar-refractivity contribution in [2.24, 2.45) is 5.73 Å². The van der Waals surface area contributed by atoms with Gasteiger partial charge in [0.05, 0.1) is 12.1 Å². The minimum Gasteiger partial charge on any atom is -0.448 e. The number of rotatable bonds is 4. The number of nitrogen functional groups attached to an aromatic ring is 1. The highest BCUT2D eigenvalue weighted by Gasteiger charge is 2.11. The Labute approximate surface area is 98.9 Å². The van der Waals surface area contributed by atoms with Crippen molar-refractivity contribution in [1.82, 2.24) is 5.32 Å². The molecule has 6 heteroatoms. The molecule has 1 rings (SSSR count). The van der Waals surface area contributed by atoms with E-state index in [1.54, 1.807) is 25.1 Å². The molecule has 0 aliphatic carbocycles. The number of carbonyl (C=O) groups is 2. The summed E-state index contributed by atoms with van der Waals surface area (Å²) in [6, 6.07) is 5.23. The minimum absolute atomic E-state index is 0.0346. The second-order valence-corrected chi connectivity index (χ2v) is 3.46. The fourth-order valence-electron chi connectivity index (χ4n) is 1.41. The van der Waals surface area contributed by atoms with Crippen molar-refractivity contribution in [2.75, 3.05) is 18.9 Å². The molecule has 0 aliphatic rings. The third kappa shape index (κ3) is 3.67. The summed E-state index contributed by atoms with van der Waals surface area (Å²) in [5.41, 5.74) is 12.1. The molecule has 2 amide bonds. The molecule has 0 unspecified atom stereocenters. The van der Waals surface area contributed by atoms with Crippen molar-refractivity contribution in [3.8, 4) is 0 Å². The standard InChI is InChI=1S/C11H15N3O3/c1-7-3-2-4-8(12)9(7)10(15)14-5-6-17-11(13)16/h2-4H,5-6,12H2,1H3,(H2,13,16)(H,14,15). The number of hydrogen-bond acceptors (Lipinski definition) is 4. The van der Waals surface area contributed by atoms with E-state index in [1.807, 2.05) is 0 Å². The lowest BCUT2D eigenvalue weighted by atomic mass is 10.1. The molecule has 0 spiro atoms. The summed E-state index contributed by atoms with van der Waals surface area (Å²) in [5, 5.41) is 2.58. The number of primary amides is 1. The molecule has 17 heavy (non-hydrogen) atoms. The Balaban J connectivity index is 2.55. The van der Waals surface area contributed by atoms with E-state index in [4.69, 9.17) is 11.5 Å². The molecular formula is C11H15N3O3. The summed E-state index contributed by atoms with van der Waals surface area (Å²) in [7, 11) is 0. The zero-order chi connectivity index (χ0) is 12.8. The van der Waals surface area contributed by atoms with Crippen LogP contribution in [0.25, 0.3) is 0 Å². The van der Waals surface area contributed by atoms with Crippen molar-refractivity contribution < 1.29 is 14.3 Å². The monoisotopic (exact) mass is 237 g/mol. The maximum absolute atomic E-state index is 11.8. The SMILES string of the molecule is Cc1cccc(N)c1C(=O)NCCOC(N)=O. The van der Waals surface area contributed by atoms with Crippen LogP contribution in [0.1, 0.15) is 15.9 Å². The summed E-state index contributed by atoms with van der Waals surface area (Å²) < 4.78 is 4.48. The van der Waals surface area contributed by atoms with Crippen LogP contribution in [0.5, 0.6) is 0 Å². The highest BCUT2D eigenvalue weighted by molar-refractivity contribution is 6.00. The maximum atomic E-state index is 11.8. The molecule has 92 valence electrons. The summed E-state index contributed by atoms with van der Waals surface area (Å²) >= 11 is 0. The van der Waals surface area contributed by atoms with Crippen molar-refractivity contribution in [3.05, 3.63) is 29.3 Å². The average Bonchev–Trinajstić information content (AvgIpc) is 2.24. The number of anilines is 1. The van der Waals surface area contributed by atoms with Gasteiger partial charge in [0.1, 0.15) is 6.61 Å². The fourth-order valence-corrected chi connectivity index (χ4v) is 1.41. The van der Waals surface area contributed by atoms with E-state index in [-0.39, 0.29) is 19.1 Å². The normalized spacial score (nSPS) is 9.71. The molecule has 0 aromatic heterocycles. The van der Waals surface area contributed by atoms with Gasteiger partial charge in [0.25, 0.3) is 5.91 Å². The molecule has 1 aromatic carbocycles. The summed E-state index contributed by atoms with van der Waals surface area (Å²) in [6.45, 7) is 2.02. The Kier molecular flexibility index (Phi) is 4.33. The number of ether oxygens (including phenoxy) is 1. The summed E-state index contributed by atoms with van der Waals surface area (Å²) in [4.78, 5) is 22.1. The number of amides is 2. The Morgan fingerprint density at radius 3 is 2.71 bits per heavy atom. The number of benzene rings is 1. The predicted octanol–water partition coefficient (Wildman–Crippen LogP) is 0.402. The molecular weight excluding hydrogens is 222 g/mol. The number of hydrogen-bond donors (Lipinski definition) is 3. The third-order valence-electron chi connectivity index (χ3n) is 2.16. The second-order valence-electron chi connectivity index (χ2n) is 3.46. The number of aryl methyl sites for hydroxylation is 1. The highest BCUT2D eigenvalue weighted by Crippen LogP contribution is 2.15. The molecule has 6 nitrogen and oxygen atoms in total. The van der Waals surface area contributed by atoms with Gasteiger partial charge in [0.15, 0.2) is 0 Å². The Bertz CT molecular complexity index is 412. The predicted molar refractivity (Wildman–Crippen MR) is 63.5 cm³/mol. The summed E-state index contributed by atoms with van der Waals surface area (Å²) in [6.07, 6.45) is -0.866. The lowest BCUT2D eigenvalue weighted by molar-refractivity contribution is 0.0937. The van der Waals surface area contributed by atoms with Gasteiger partial charge in [-0.25, -0.2) is 4.79 Å². The summed E-state index contributed by atoms with van der Waals surface area (Å²) in [5.74, 6) is -0.298. The van der Waals surface area contributed by atoms with Crippen LogP contribution in [0.15, 0.2) is 18.2 Å². The first-order chi connectivity index (χ1) is 8.02. The van der Waals surface area contributed by atoms with Gasteiger partial charge in [0.2, 0.25) is 0 Å². The quantitative estimate of drug-likeness (QED) is 0.520. The number of carbonyl (C=O) groups excluding carboxylic acids is 2. The van der Waals surface area contributed by atoms with Crippen LogP contribution < -0.4 is 16.8 Å². The van der Waals surface area contributed by atoms with Crippen molar-refractivity contribution in [1.29, 1.82) is 0 Å². The minimum atomic E-state index is -0.866. The molecule has 0 saturated heterocycles. The van der Waals surface area contributed by atoms with Gasteiger partial charge in [-0.1, -0.05) is 12.1 Å². The molecule has 0 heterocycles. The Morgan fingerprint density at radius 2 is 2.12 bits per heavy atom. The van der Waals surface area contributed by atoms with Crippen LogP contribution >= 0.6 is 0 Å². The maximum Gasteiger partial charge on any atom is 0.404 e. The van der Waals surface area contributed by atoms with Gasteiger partial charge in [-0.15, -0.1) is 0 Å². The average molecular weight is 237 g/mol. The first-order valence-corrected chi connectivity index (χ1v) is 5.08. The van der Waals surface area contributed by atoms with Crippen LogP contribution in [-0.4, -0.2) is 25.2 Å². The highest BCUT2D eigenvalue weighted by atomic mass is 16.5. The lowest BCUT2D eigenvalue weighted by Gasteiger charge is -2.09. The van der Waals surface area contributed by atoms with Gasteiger partial charge in [-0.3, -0.25) is 4.79 Å². The van der Waals surface area contributed by atoms with Gasteiger partial charge in [0, 0.05) is 5.69 Å². The molecule has 5 N–H and O–H groups in total. The lowest BCUT2D eigenvalue weighted by Crippen LogP contribution is -2.30. The first-order valence-electron chi connectivity index (χ1n) is 5.08. The van der Waals surface area contributed by atoms with E-state index < -0.39 is 6.09 Å². The van der Waals surface area contributed by atoms with Crippen LogP contribution in [0.3, 0.4) is 0 Å². The molecule has 0 atom stereocenters. The second kappa shape index (κ2) is 5.74. The fraction of sp³-hybridized carbons (Fsp3) is 0.273. The number of nitrogens with two attached hydrogens (primary N) is 2. The largest absolute Gasteiger partial charge is 0.448 e. The van der Waals surface area contributed by atoms with Crippen LogP contribution in [-0.2, 0) is 4.74 Å². The van der Waals surface area contributed by atoms with E-state index in [0.29, 0.717) is 11.3 Å². The van der Waals surface area contributed by atoms with E-state index in [9.17, 15) is 9.59 Å². The van der Waals surface area contributed by atoms with Gasteiger partial charge < -0.3 is 21.5 Å². The van der Waals surface area contributed by atoms with Gasteiger partial charge in [-0.05, 0) is 18.6 Å². The zero-order valence-corrected chi connectivity index (χ0v) is 9.53. The van der Waals surface area contributed by atoms with Crippen molar-refractivity contribution in [3.63, 3.8) is 0 Å². The molecule has 0 radical (unpaired) electrons. The first kappa shape index (κ1) is 12.8. The Hall–Kier alpha value is -2.24. The van der Waals surface area contributed by atoms with E-state index in [1.165, 1.54) is 0 Å². The third-order valence-corrected chi connectivity index (χ3v) is 2.16. The van der Waals surface area contributed by atoms with Gasteiger partial charge in [-0.2, -0.15) is 0 Å². The van der Waals surface area contributed by atoms with Gasteiger partial charge >= 0.3 is 6.09 Å². The molecule has 0 saturated carbocycles. The van der Waals surface area contributed by atoms with E-state index >= 15 is 0 Å². The topological polar surface area (TPSA) is 107 Å². The molecule has 0 fully saturated rings. The molecule has 0 bridgehead atoms. The molecule has 0 aliphatic heterocycles.